The summed E-state index contributed by atoms with van der Waals surface area (Å²) in [6.45, 7) is 3.88. The zero-order valence-electron chi connectivity index (χ0n) is 18.8. The topological polar surface area (TPSA) is 126 Å². The molecule has 1 fully saturated rings. The molecule has 0 aliphatic carbocycles. The Hall–Kier alpha value is -3.79. The van der Waals surface area contributed by atoms with Gasteiger partial charge in [-0.1, -0.05) is 18.2 Å². The first-order valence-corrected chi connectivity index (χ1v) is 10.1. The van der Waals surface area contributed by atoms with Gasteiger partial charge < -0.3 is 29.3 Å². The molecule has 33 heavy (non-hydrogen) atoms. The van der Waals surface area contributed by atoms with E-state index in [1.807, 2.05) is 23.1 Å². The van der Waals surface area contributed by atoms with Crippen molar-refractivity contribution in [3.63, 3.8) is 0 Å². The number of carbonyl (C=O) groups is 3. The molecule has 3 rings (SSSR count). The lowest BCUT2D eigenvalue weighted by molar-refractivity contribution is -0.159. The summed E-state index contributed by atoms with van der Waals surface area (Å²) in [4.78, 5) is 35.3. The summed E-state index contributed by atoms with van der Waals surface area (Å²) in [7, 11) is 4.85. The van der Waals surface area contributed by atoms with Gasteiger partial charge in [0.05, 0.1) is 21.3 Å². The van der Waals surface area contributed by atoms with Crippen LogP contribution in [-0.2, 0) is 16.1 Å². The number of para-hydroxylation sites is 1. The van der Waals surface area contributed by atoms with E-state index in [1.165, 1.54) is 5.56 Å². The van der Waals surface area contributed by atoms with Crippen LogP contribution >= 0.6 is 0 Å². The Morgan fingerprint density at radius 3 is 1.91 bits per heavy atom. The van der Waals surface area contributed by atoms with Crippen molar-refractivity contribution in [3.8, 4) is 17.2 Å². The highest BCUT2D eigenvalue weighted by atomic mass is 16.5. The monoisotopic (exact) mass is 460 g/mol. The van der Waals surface area contributed by atoms with Crippen LogP contribution in [-0.4, -0.2) is 85.4 Å². The molecule has 1 aliphatic rings. The first-order chi connectivity index (χ1) is 15.8. The van der Waals surface area contributed by atoms with E-state index in [0.29, 0.717) is 30.2 Å². The maximum Gasteiger partial charge on any atom is 0.414 e. The van der Waals surface area contributed by atoms with Crippen LogP contribution in [0.4, 0.5) is 0 Å². The van der Waals surface area contributed by atoms with Gasteiger partial charge in [0.1, 0.15) is 5.75 Å². The summed E-state index contributed by atoms with van der Waals surface area (Å²) in [6.07, 6.45) is 0. The summed E-state index contributed by atoms with van der Waals surface area (Å²) in [5, 5.41) is 14.8. The van der Waals surface area contributed by atoms with Crippen molar-refractivity contribution in [2.24, 2.45) is 0 Å². The van der Waals surface area contributed by atoms with Crippen molar-refractivity contribution < 1.29 is 38.8 Å². The van der Waals surface area contributed by atoms with E-state index in [0.717, 1.165) is 25.4 Å². The summed E-state index contributed by atoms with van der Waals surface area (Å²) >= 11 is 0. The Bertz CT molecular complexity index is 959. The van der Waals surface area contributed by atoms with E-state index in [2.05, 4.69) is 11.0 Å². The second-order valence-electron chi connectivity index (χ2n) is 7.06. The van der Waals surface area contributed by atoms with Gasteiger partial charge in [0, 0.05) is 43.9 Å². The smallest absolute Gasteiger partial charge is 0.414 e. The molecule has 0 aromatic heterocycles. The zero-order chi connectivity index (χ0) is 24.4. The van der Waals surface area contributed by atoms with Gasteiger partial charge >= 0.3 is 11.9 Å². The number of carbonyl (C=O) groups excluding carboxylic acids is 1. The molecule has 10 nitrogen and oxygen atoms in total. The van der Waals surface area contributed by atoms with Crippen molar-refractivity contribution in [3.05, 3.63) is 53.6 Å². The van der Waals surface area contributed by atoms with Crippen LogP contribution in [0.15, 0.2) is 42.5 Å². The molecule has 2 aromatic rings. The van der Waals surface area contributed by atoms with Crippen LogP contribution in [0.3, 0.4) is 0 Å². The number of rotatable bonds is 6. The first-order valence-electron chi connectivity index (χ1n) is 10.1. The largest absolute Gasteiger partial charge is 0.496 e. The fraction of sp³-hybridized carbons (Fsp3) is 0.348. The minimum Gasteiger partial charge on any atom is -0.496 e. The standard InChI is InChI=1S/C21H26N2O4.C2H2O4/c1-25-18-7-5-4-6-17(18)15-22-10-12-23(13-11-22)21(24)16-8-9-19(26-2)20(14-16)27-3;3-1(4)2(5)6/h4-9,14H,10-13,15H2,1-3H3;(H,3,4)(H,5,6). The van der Waals surface area contributed by atoms with Gasteiger partial charge in [-0.05, 0) is 24.3 Å². The Morgan fingerprint density at radius 1 is 0.788 bits per heavy atom. The molecule has 1 amide bonds. The van der Waals surface area contributed by atoms with E-state index < -0.39 is 11.9 Å². The van der Waals surface area contributed by atoms with Gasteiger partial charge in [-0.3, -0.25) is 9.69 Å². The van der Waals surface area contributed by atoms with Gasteiger partial charge in [0.2, 0.25) is 0 Å². The molecule has 0 saturated carbocycles. The molecular formula is C23H28N2O8. The molecule has 1 aliphatic heterocycles. The van der Waals surface area contributed by atoms with E-state index >= 15 is 0 Å². The maximum absolute atomic E-state index is 12.8. The number of piperazine rings is 1. The average molecular weight is 460 g/mol. The lowest BCUT2D eigenvalue weighted by atomic mass is 10.1. The predicted molar refractivity (Wildman–Crippen MR) is 119 cm³/mol. The second kappa shape index (κ2) is 12.3. The summed E-state index contributed by atoms with van der Waals surface area (Å²) < 4.78 is 16.0. The SMILES string of the molecule is COc1ccccc1CN1CCN(C(=O)c2ccc(OC)c(OC)c2)CC1.O=C(O)C(=O)O. The van der Waals surface area contributed by atoms with Gasteiger partial charge in [-0.2, -0.15) is 0 Å². The summed E-state index contributed by atoms with van der Waals surface area (Å²) in [5.74, 6) is -1.53. The van der Waals surface area contributed by atoms with Crippen molar-refractivity contribution in [1.82, 2.24) is 9.80 Å². The molecule has 0 atom stereocenters. The second-order valence-corrected chi connectivity index (χ2v) is 7.06. The highest BCUT2D eigenvalue weighted by Gasteiger charge is 2.23. The van der Waals surface area contributed by atoms with Gasteiger partial charge in [-0.25, -0.2) is 9.59 Å². The van der Waals surface area contributed by atoms with Crippen molar-refractivity contribution >= 4 is 17.8 Å². The van der Waals surface area contributed by atoms with Crippen LogP contribution in [0.1, 0.15) is 15.9 Å². The van der Waals surface area contributed by atoms with Gasteiger partial charge in [0.25, 0.3) is 5.91 Å². The Kier molecular flexibility index (Phi) is 9.49. The Morgan fingerprint density at radius 2 is 1.36 bits per heavy atom. The van der Waals surface area contributed by atoms with Crippen LogP contribution in [0.25, 0.3) is 0 Å². The van der Waals surface area contributed by atoms with Crippen LogP contribution in [0.5, 0.6) is 17.2 Å². The predicted octanol–water partition coefficient (Wildman–Crippen LogP) is 1.83. The minimum atomic E-state index is -1.82. The third-order valence-corrected chi connectivity index (χ3v) is 5.06. The number of carboxylic acids is 2. The molecule has 1 saturated heterocycles. The minimum absolute atomic E-state index is 0.0212. The molecule has 2 N–H and O–H groups in total. The number of benzene rings is 2. The van der Waals surface area contributed by atoms with Crippen LogP contribution in [0, 0.1) is 0 Å². The van der Waals surface area contributed by atoms with Crippen molar-refractivity contribution in [1.29, 1.82) is 0 Å². The highest BCUT2D eigenvalue weighted by Crippen LogP contribution is 2.28. The van der Waals surface area contributed by atoms with E-state index in [-0.39, 0.29) is 5.91 Å². The molecular weight excluding hydrogens is 432 g/mol. The fourth-order valence-electron chi connectivity index (χ4n) is 3.34. The number of carboxylic acid groups (broad SMARTS) is 2. The van der Waals surface area contributed by atoms with Crippen molar-refractivity contribution in [2.45, 2.75) is 6.54 Å². The van der Waals surface area contributed by atoms with E-state index in [1.54, 1.807) is 39.5 Å². The van der Waals surface area contributed by atoms with Gasteiger partial charge in [-0.15, -0.1) is 0 Å². The zero-order valence-corrected chi connectivity index (χ0v) is 18.8. The van der Waals surface area contributed by atoms with Crippen LogP contribution in [0.2, 0.25) is 0 Å². The molecule has 0 bridgehead atoms. The van der Waals surface area contributed by atoms with Crippen molar-refractivity contribution in [2.75, 3.05) is 47.5 Å². The Labute approximate surface area is 191 Å². The molecule has 1 heterocycles. The first kappa shape index (κ1) is 25.5. The molecule has 10 heteroatoms. The molecule has 2 aromatic carbocycles. The number of amides is 1. The fourth-order valence-corrected chi connectivity index (χ4v) is 3.34. The number of methoxy groups -OCH3 is 3. The lowest BCUT2D eigenvalue weighted by Gasteiger charge is -2.35. The number of nitrogens with zero attached hydrogens (tertiary/aromatic N) is 2. The third kappa shape index (κ3) is 7.11. The highest BCUT2D eigenvalue weighted by molar-refractivity contribution is 6.27. The summed E-state index contributed by atoms with van der Waals surface area (Å²) in [5.41, 5.74) is 1.78. The number of ether oxygens (including phenoxy) is 3. The Balaban J connectivity index is 0.000000569. The molecule has 0 radical (unpaired) electrons. The lowest BCUT2D eigenvalue weighted by Crippen LogP contribution is -2.48. The summed E-state index contributed by atoms with van der Waals surface area (Å²) in [6, 6.07) is 13.3. The normalized spacial score (nSPS) is 13.4. The van der Waals surface area contributed by atoms with Gasteiger partial charge in [0.15, 0.2) is 11.5 Å². The van der Waals surface area contributed by atoms with Crippen LogP contribution < -0.4 is 14.2 Å². The third-order valence-electron chi connectivity index (χ3n) is 5.06. The molecule has 0 spiro atoms. The quantitative estimate of drug-likeness (QED) is 0.621. The maximum atomic E-state index is 12.8. The number of hydrogen-bond acceptors (Lipinski definition) is 7. The number of hydrogen-bond donors (Lipinski definition) is 2. The molecule has 0 unspecified atom stereocenters. The average Bonchev–Trinajstić information content (AvgIpc) is 2.84. The van der Waals surface area contributed by atoms with E-state index in [4.69, 9.17) is 34.0 Å². The molecule has 178 valence electrons. The van der Waals surface area contributed by atoms with E-state index in [9.17, 15) is 4.79 Å². The number of aliphatic carboxylic acids is 2.